The van der Waals surface area contributed by atoms with Crippen molar-refractivity contribution in [2.24, 2.45) is 0 Å². The van der Waals surface area contributed by atoms with Crippen molar-refractivity contribution in [3.05, 3.63) is 80.4 Å². The SMILES string of the molecule is O=C1S/C(=C/c2ccc(-c3ccc([N+](=O)[O-])cc3Cl)o2)C(=O)N1c1ccc(O)cc1. The molecule has 1 aliphatic heterocycles. The monoisotopic (exact) mass is 442 g/mol. The number of aromatic hydroxyl groups is 1. The number of benzene rings is 2. The Hall–Kier alpha value is -3.56. The van der Waals surface area contributed by atoms with Gasteiger partial charge in [0.1, 0.15) is 17.3 Å². The number of hydrogen-bond donors (Lipinski definition) is 1. The normalized spacial score (nSPS) is 15.2. The fourth-order valence-corrected chi connectivity index (χ4v) is 3.90. The molecule has 1 N–H and O–H groups in total. The molecule has 2 amide bonds. The van der Waals surface area contributed by atoms with Crippen molar-refractivity contribution in [3.8, 4) is 17.1 Å². The number of nitro groups is 1. The van der Waals surface area contributed by atoms with E-state index in [4.69, 9.17) is 16.0 Å². The molecular weight excluding hydrogens is 432 g/mol. The summed E-state index contributed by atoms with van der Waals surface area (Å²) in [5.74, 6) is 0.186. The molecular formula is C20H11ClN2O6S. The number of rotatable bonds is 4. The van der Waals surface area contributed by atoms with Crippen LogP contribution in [0.3, 0.4) is 0 Å². The van der Waals surface area contributed by atoms with E-state index in [1.54, 1.807) is 12.1 Å². The topological polar surface area (TPSA) is 114 Å². The minimum atomic E-state index is -0.548. The van der Waals surface area contributed by atoms with Gasteiger partial charge in [-0.1, -0.05) is 11.6 Å². The minimum Gasteiger partial charge on any atom is -0.508 e. The Balaban J connectivity index is 1.60. The number of anilines is 1. The molecule has 0 saturated carbocycles. The lowest BCUT2D eigenvalue weighted by Gasteiger charge is -2.11. The number of furan rings is 1. The van der Waals surface area contributed by atoms with Crippen LogP contribution in [0.15, 0.2) is 63.9 Å². The van der Waals surface area contributed by atoms with Gasteiger partial charge in [0.15, 0.2) is 0 Å². The number of phenolic OH excluding ortho intramolecular Hbond substituents is 1. The van der Waals surface area contributed by atoms with E-state index < -0.39 is 16.1 Å². The summed E-state index contributed by atoms with van der Waals surface area (Å²) in [7, 11) is 0. The Kier molecular flexibility index (Phi) is 5.06. The van der Waals surface area contributed by atoms with Crippen LogP contribution in [0.25, 0.3) is 17.4 Å². The maximum Gasteiger partial charge on any atom is 0.298 e. The number of amides is 2. The quantitative estimate of drug-likeness (QED) is 0.324. The van der Waals surface area contributed by atoms with Gasteiger partial charge in [0.05, 0.1) is 20.5 Å². The molecule has 10 heteroatoms. The molecule has 0 spiro atoms. The van der Waals surface area contributed by atoms with Crippen molar-refractivity contribution >= 4 is 52.0 Å². The summed E-state index contributed by atoms with van der Waals surface area (Å²) >= 11 is 6.88. The Morgan fingerprint density at radius 3 is 2.50 bits per heavy atom. The van der Waals surface area contributed by atoms with Crippen LogP contribution in [-0.4, -0.2) is 21.2 Å². The van der Waals surface area contributed by atoms with Gasteiger partial charge in [-0.3, -0.25) is 19.7 Å². The van der Waals surface area contributed by atoms with Crippen LogP contribution in [0, 0.1) is 10.1 Å². The molecule has 3 aromatic rings. The van der Waals surface area contributed by atoms with Gasteiger partial charge in [0, 0.05) is 23.8 Å². The van der Waals surface area contributed by atoms with Gasteiger partial charge < -0.3 is 9.52 Å². The first-order valence-electron chi connectivity index (χ1n) is 8.44. The standard InChI is InChI=1S/C20H11ClN2O6S/c21-16-9-12(23(27)28)3-7-15(16)17-8-6-14(29-17)10-18-19(25)22(20(26)30-18)11-1-4-13(24)5-2-11/h1-10,24H/b18-10+. The number of thioether (sulfide) groups is 1. The zero-order chi connectivity index (χ0) is 21.4. The van der Waals surface area contributed by atoms with Crippen LogP contribution in [-0.2, 0) is 4.79 Å². The van der Waals surface area contributed by atoms with Gasteiger partial charge >= 0.3 is 0 Å². The summed E-state index contributed by atoms with van der Waals surface area (Å²) in [4.78, 5) is 36.4. The summed E-state index contributed by atoms with van der Waals surface area (Å²) in [6.45, 7) is 0. The Labute approximate surface area is 178 Å². The van der Waals surface area contributed by atoms with E-state index in [-0.39, 0.29) is 21.4 Å². The number of nitro benzene ring substituents is 1. The van der Waals surface area contributed by atoms with Crippen LogP contribution >= 0.6 is 23.4 Å². The molecule has 1 fully saturated rings. The number of nitrogens with zero attached hydrogens (tertiary/aromatic N) is 2. The van der Waals surface area contributed by atoms with E-state index in [1.807, 2.05) is 0 Å². The summed E-state index contributed by atoms with van der Waals surface area (Å²) in [6.07, 6.45) is 1.44. The van der Waals surface area contributed by atoms with E-state index in [1.165, 1.54) is 48.5 Å². The molecule has 1 saturated heterocycles. The number of halogens is 1. The van der Waals surface area contributed by atoms with Crippen LogP contribution in [0.1, 0.15) is 5.76 Å². The van der Waals surface area contributed by atoms with E-state index in [2.05, 4.69) is 0 Å². The number of hydrogen-bond acceptors (Lipinski definition) is 7. The number of non-ortho nitro benzene ring substituents is 1. The summed E-state index contributed by atoms with van der Waals surface area (Å²) in [5, 5.41) is 19.9. The van der Waals surface area contributed by atoms with Gasteiger partial charge in [-0.15, -0.1) is 0 Å². The number of phenols is 1. The van der Waals surface area contributed by atoms with Crippen molar-refractivity contribution in [2.75, 3.05) is 4.90 Å². The molecule has 8 nitrogen and oxygen atoms in total. The molecule has 150 valence electrons. The third-order valence-electron chi connectivity index (χ3n) is 4.23. The molecule has 0 bridgehead atoms. The molecule has 0 unspecified atom stereocenters. The van der Waals surface area contributed by atoms with Gasteiger partial charge in [-0.05, 0) is 54.2 Å². The molecule has 0 atom stereocenters. The summed E-state index contributed by atoms with van der Waals surface area (Å²) in [6, 6.07) is 12.9. The zero-order valence-corrected chi connectivity index (χ0v) is 16.5. The molecule has 2 aromatic carbocycles. The highest BCUT2D eigenvalue weighted by Gasteiger charge is 2.36. The highest BCUT2D eigenvalue weighted by molar-refractivity contribution is 8.19. The average molecular weight is 443 g/mol. The van der Waals surface area contributed by atoms with E-state index >= 15 is 0 Å². The first-order chi connectivity index (χ1) is 14.3. The Bertz CT molecular complexity index is 1220. The second kappa shape index (κ2) is 7.69. The average Bonchev–Trinajstić information content (AvgIpc) is 3.27. The van der Waals surface area contributed by atoms with Gasteiger partial charge in [-0.25, -0.2) is 4.90 Å². The van der Waals surface area contributed by atoms with Crippen LogP contribution < -0.4 is 4.90 Å². The first kappa shape index (κ1) is 19.7. The number of imide groups is 1. The zero-order valence-electron chi connectivity index (χ0n) is 14.9. The molecule has 1 aromatic heterocycles. The molecule has 4 rings (SSSR count). The van der Waals surface area contributed by atoms with E-state index in [0.717, 1.165) is 16.7 Å². The Morgan fingerprint density at radius 1 is 1.10 bits per heavy atom. The Morgan fingerprint density at radius 2 is 1.83 bits per heavy atom. The molecule has 1 aliphatic rings. The second-order valence-corrected chi connectivity index (χ2v) is 7.56. The maximum atomic E-state index is 12.7. The van der Waals surface area contributed by atoms with Crippen LogP contribution in [0.2, 0.25) is 5.02 Å². The van der Waals surface area contributed by atoms with Crippen molar-refractivity contribution in [3.63, 3.8) is 0 Å². The predicted molar refractivity (Wildman–Crippen MR) is 112 cm³/mol. The van der Waals surface area contributed by atoms with E-state index in [0.29, 0.717) is 22.8 Å². The third-order valence-corrected chi connectivity index (χ3v) is 5.41. The van der Waals surface area contributed by atoms with Crippen molar-refractivity contribution in [1.29, 1.82) is 0 Å². The third kappa shape index (κ3) is 3.68. The lowest BCUT2D eigenvalue weighted by atomic mass is 10.1. The number of carbonyl (C=O) groups excluding carboxylic acids is 2. The fourth-order valence-electron chi connectivity index (χ4n) is 2.81. The minimum absolute atomic E-state index is 0.0225. The second-order valence-electron chi connectivity index (χ2n) is 6.16. The van der Waals surface area contributed by atoms with Gasteiger partial charge in [0.25, 0.3) is 16.8 Å². The number of carbonyl (C=O) groups is 2. The largest absolute Gasteiger partial charge is 0.508 e. The molecule has 30 heavy (non-hydrogen) atoms. The van der Waals surface area contributed by atoms with E-state index in [9.17, 15) is 24.8 Å². The highest BCUT2D eigenvalue weighted by atomic mass is 35.5. The maximum absolute atomic E-state index is 12.7. The van der Waals surface area contributed by atoms with Crippen molar-refractivity contribution < 1.29 is 24.0 Å². The van der Waals surface area contributed by atoms with Crippen LogP contribution in [0.5, 0.6) is 5.75 Å². The van der Waals surface area contributed by atoms with Gasteiger partial charge in [-0.2, -0.15) is 0 Å². The summed E-state index contributed by atoms with van der Waals surface area (Å²) in [5.41, 5.74) is 0.661. The molecule has 0 radical (unpaired) electrons. The van der Waals surface area contributed by atoms with Crippen molar-refractivity contribution in [1.82, 2.24) is 0 Å². The summed E-state index contributed by atoms with van der Waals surface area (Å²) < 4.78 is 5.69. The molecule has 0 aliphatic carbocycles. The van der Waals surface area contributed by atoms with Gasteiger partial charge in [0.2, 0.25) is 0 Å². The highest BCUT2D eigenvalue weighted by Crippen LogP contribution is 2.37. The first-order valence-corrected chi connectivity index (χ1v) is 9.64. The fraction of sp³-hybridized carbons (Fsp3) is 0. The predicted octanol–water partition coefficient (Wildman–Crippen LogP) is 5.45. The lowest BCUT2D eigenvalue weighted by molar-refractivity contribution is -0.384. The molecule has 2 heterocycles. The van der Waals surface area contributed by atoms with Crippen LogP contribution in [0.4, 0.5) is 16.2 Å². The smallest absolute Gasteiger partial charge is 0.298 e. The van der Waals surface area contributed by atoms with Crippen molar-refractivity contribution in [2.45, 2.75) is 0 Å². The lowest BCUT2D eigenvalue weighted by Crippen LogP contribution is -2.27.